The Kier molecular flexibility index (Phi) is 4.40. The molecule has 0 bridgehead atoms. The molecule has 1 saturated carbocycles. The van der Waals surface area contributed by atoms with Crippen LogP contribution >= 0.6 is 0 Å². The molecular formula is C14H19N3O4. The third kappa shape index (κ3) is 3.12. The minimum Gasteiger partial charge on any atom is -0.480 e. The average Bonchev–Trinajstić information content (AvgIpc) is 2.41. The van der Waals surface area contributed by atoms with Crippen LogP contribution in [0.15, 0.2) is 16.9 Å². The SMILES string of the molecule is CCCCn1nc(C(=O)NC2(C(=O)O)CCC2)ccc1=O. The number of rotatable bonds is 6. The first-order valence-electron chi connectivity index (χ1n) is 7.12. The summed E-state index contributed by atoms with van der Waals surface area (Å²) in [6, 6.07) is 2.61. The third-order valence-corrected chi connectivity index (χ3v) is 3.79. The normalized spacial score (nSPS) is 16.0. The second-order valence-corrected chi connectivity index (χ2v) is 5.33. The number of aliphatic carboxylic acids is 1. The average molecular weight is 293 g/mol. The van der Waals surface area contributed by atoms with Crippen molar-refractivity contribution in [2.75, 3.05) is 0 Å². The minimum atomic E-state index is -1.18. The lowest BCUT2D eigenvalue weighted by Crippen LogP contribution is -2.59. The smallest absolute Gasteiger partial charge is 0.329 e. The van der Waals surface area contributed by atoms with Crippen LogP contribution in [-0.4, -0.2) is 32.3 Å². The first-order chi connectivity index (χ1) is 9.98. The predicted octanol–water partition coefficient (Wildman–Crippen LogP) is 0.780. The Morgan fingerprint density at radius 3 is 2.67 bits per heavy atom. The summed E-state index contributed by atoms with van der Waals surface area (Å²) in [6.07, 6.45) is 3.31. The molecule has 0 aromatic carbocycles. The van der Waals surface area contributed by atoms with Gasteiger partial charge in [0.25, 0.3) is 11.5 Å². The number of unbranched alkanes of at least 4 members (excludes halogenated alkanes) is 1. The van der Waals surface area contributed by atoms with E-state index < -0.39 is 17.4 Å². The molecule has 1 aliphatic rings. The van der Waals surface area contributed by atoms with Crippen molar-refractivity contribution in [2.24, 2.45) is 0 Å². The van der Waals surface area contributed by atoms with Crippen molar-refractivity contribution in [3.8, 4) is 0 Å². The molecule has 0 aliphatic heterocycles. The fourth-order valence-electron chi connectivity index (χ4n) is 2.24. The maximum atomic E-state index is 12.1. The van der Waals surface area contributed by atoms with E-state index in [1.54, 1.807) is 0 Å². The van der Waals surface area contributed by atoms with Gasteiger partial charge in [0.05, 0.1) is 0 Å². The maximum Gasteiger partial charge on any atom is 0.329 e. The van der Waals surface area contributed by atoms with Gasteiger partial charge in [-0.15, -0.1) is 0 Å². The first-order valence-corrected chi connectivity index (χ1v) is 7.12. The molecule has 114 valence electrons. The van der Waals surface area contributed by atoms with Crippen LogP contribution in [0, 0.1) is 0 Å². The standard InChI is InChI=1S/C14H19N3O4/c1-2-3-9-17-11(18)6-5-10(16-17)12(19)15-14(13(20)21)7-4-8-14/h5-6H,2-4,7-9H2,1H3,(H,15,19)(H,20,21). The van der Waals surface area contributed by atoms with Crippen molar-refractivity contribution in [3.05, 3.63) is 28.2 Å². The summed E-state index contributed by atoms with van der Waals surface area (Å²) in [5.74, 6) is -1.58. The van der Waals surface area contributed by atoms with Gasteiger partial charge in [0.15, 0.2) is 0 Å². The molecule has 2 N–H and O–H groups in total. The van der Waals surface area contributed by atoms with Crippen LogP contribution in [0.5, 0.6) is 0 Å². The number of aryl methyl sites for hydroxylation is 1. The molecule has 21 heavy (non-hydrogen) atoms. The largest absolute Gasteiger partial charge is 0.480 e. The van der Waals surface area contributed by atoms with E-state index in [-0.39, 0.29) is 11.3 Å². The Hall–Kier alpha value is -2.18. The highest BCUT2D eigenvalue weighted by molar-refractivity contribution is 5.96. The van der Waals surface area contributed by atoms with Gasteiger partial charge in [-0.3, -0.25) is 9.59 Å². The number of carbonyl (C=O) groups is 2. The molecule has 1 aliphatic carbocycles. The molecule has 1 aromatic heterocycles. The van der Waals surface area contributed by atoms with Gasteiger partial charge in [-0.2, -0.15) is 5.10 Å². The second-order valence-electron chi connectivity index (χ2n) is 5.33. The number of aromatic nitrogens is 2. The highest BCUT2D eigenvalue weighted by atomic mass is 16.4. The van der Waals surface area contributed by atoms with Crippen LogP contribution in [0.2, 0.25) is 0 Å². The lowest BCUT2D eigenvalue weighted by Gasteiger charge is -2.38. The fourth-order valence-corrected chi connectivity index (χ4v) is 2.24. The Morgan fingerprint density at radius 1 is 1.43 bits per heavy atom. The van der Waals surface area contributed by atoms with E-state index in [9.17, 15) is 19.5 Å². The summed E-state index contributed by atoms with van der Waals surface area (Å²) in [5, 5.41) is 15.7. The number of nitrogens with zero attached hydrogens (tertiary/aromatic N) is 2. The van der Waals surface area contributed by atoms with Crippen molar-refractivity contribution in [1.82, 2.24) is 15.1 Å². The van der Waals surface area contributed by atoms with Gasteiger partial charge in [-0.05, 0) is 31.7 Å². The van der Waals surface area contributed by atoms with Gasteiger partial charge in [0.1, 0.15) is 11.2 Å². The van der Waals surface area contributed by atoms with Gasteiger partial charge in [0, 0.05) is 12.6 Å². The number of carbonyl (C=O) groups excluding carboxylic acids is 1. The Balaban J connectivity index is 2.16. The van der Waals surface area contributed by atoms with E-state index in [0.717, 1.165) is 19.3 Å². The minimum absolute atomic E-state index is 0.0678. The number of hydrogen-bond donors (Lipinski definition) is 2. The van der Waals surface area contributed by atoms with E-state index in [2.05, 4.69) is 10.4 Å². The highest BCUT2D eigenvalue weighted by Gasteiger charge is 2.46. The number of amides is 1. The quantitative estimate of drug-likeness (QED) is 0.807. The van der Waals surface area contributed by atoms with Crippen molar-refractivity contribution in [1.29, 1.82) is 0 Å². The highest BCUT2D eigenvalue weighted by Crippen LogP contribution is 2.32. The summed E-state index contributed by atoms with van der Waals surface area (Å²) < 4.78 is 1.24. The molecule has 1 fully saturated rings. The summed E-state index contributed by atoms with van der Waals surface area (Å²) in [6.45, 7) is 2.44. The topological polar surface area (TPSA) is 101 Å². The molecule has 2 rings (SSSR count). The predicted molar refractivity (Wildman–Crippen MR) is 75.1 cm³/mol. The van der Waals surface area contributed by atoms with Gasteiger partial charge >= 0.3 is 5.97 Å². The van der Waals surface area contributed by atoms with Gasteiger partial charge in [-0.1, -0.05) is 13.3 Å². The van der Waals surface area contributed by atoms with Crippen LogP contribution in [0.3, 0.4) is 0 Å². The molecule has 0 saturated heterocycles. The lowest BCUT2D eigenvalue weighted by atomic mass is 9.76. The molecule has 0 atom stereocenters. The molecule has 7 heteroatoms. The molecule has 0 spiro atoms. The molecular weight excluding hydrogens is 274 g/mol. The van der Waals surface area contributed by atoms with E-state index in [0.29, 0.717) is 19.4 Å². The van der Waals surface area contributed by atoms with E-state index >= 15 is 0 Å². The van der Waals surface area contributed by atoms with Gasteiger partial charge < -0.3 is 10.4 Å². The van der Waals surface area contributed by atoms with Crippen molar-refractivity contribution in [2.45, 2.75) is 51.1 Å². The van der Waals surface area contributed by atoms with E-state index in [4.69, 9.17) is 0 Å². The number of carboxylic acids is 1. The number of hydrogen-bond acceptors (Lipinski definition) is 4. The Bertz CT molecular complexity index is 604. The van der Waals surface area contributed by atoms with Crippen molar-refractivity contribution >= 4 is 11.9 Å². The lowest BCUT2D eigenvalue weighted by molar-refractivity contribution is -0.148. The summed E-state index contributed by atoms with van der Waals surface area (Å²) in [5.41, 5.74) is -1.38. The summed E-state index contributed by atoms with van der Waals surface area (Å²) in [7, 11) is 0. The number of nitrogens with one attached hydrogen (secondary N) is 1. The molecule has 0 unspecified atom stereocenters. The van der Waals surface area contributed by atoms with Crippen LogP contribution in [-0.2, 0) is 11.3 Å². The van der Waals surface area contributed by atoms with Crippen LogP contribution < -0.4 is 10.9 Å². The maximum absolute atomic E-state index is 12.1. The molecule has 1 aromatic rings. The zero-order valence-corrected chi connectivity index (χ0v) is 12.0. The van der Waals surface area contributed by atoms with Crippen LogP contribution in [0.25, 0.3) is 0 Å². The monoisotopic (exact) mass is 293 g/mol. The Morgan fingerprint density at radius 2 is 2.14 bits per heavy atom. The van der Waals surface area contributed by atoms with Crippen LogP contribution in [0.1, 0.15) is 49.5 Å². The summed E-state index contributed by atoms with van der Waals surface area (Å²) in [4.78, 5) is 35.0. The molecule has 1 heterocycles. The van der Waals surface area contributed by atoms with E-state index in [1.807, 2.05) is 6.92 Å². The van der Waals surface area contributed by atoms with Gasteiger partial charge in [-0.25, -0.2) is 9.48 Å². The third-order valence-electron chi connectivity index (χ3n) is 3.79. The first kappa shape index (κ1) is 15.2. The fraction of sp³-hybridized carbons (Fsp3) is 0.571. The molecule has 0 radical (unpaired) electrons. The number of carboxylic acid groups (broad SMARTS) is 1. The van der Waals surface area contributed by atoms with Crippen LogP contribution in [0.4, 0.5) is 0 Å². The van der Waals surface area contributed by atoms with Crippen molar-refractivity contribution < 1.29 is 14.7 Å². The summed E-state index contributed by atoms with van der Waals surface area (Å²) >= 11 is 0. The molecule has 7 nitrogen and oxygen atoms in total. The molecule has 1 amide bonds. The Labute approximate surface area is 122 Å². The van der Waals surface area contributed by atoms with E-state index in [1.165, 1.54) is 16.8 Å². The zero-order chi connectivity index (χ0) is 15.5. The zero-order valence-electron chi connectivity index (χ0n) is 12.0. The second kappa shape index (κ2) is 6.07. The van der Waals surface area contributed by atoms with Crippen molar-refractivity contribution in [3.63, 3.8) is 0 Å². The van der Waals surface area contributed by atoms with Gasteiger partial charge in [0.2, 0.25) is 0 Å².